The van der Waals surface area contributed by atoms with Gasteiger partial charge in [-0.3, -0.25) is 9.48 Å². The highest BCUT2D eigenvalue weighted by Crippen LogP contribution is 2.21. The predicted octanol–water partition coefficient (Wildman–Crippen LogP) is 1.38. The quantitative estimate of drug-likeness (QED) is 0.822. The second-order valence-corrected chi connectivity index (χ2v) is 5.44. The first-order valence-electron chi connectivity index (χ1n) is 6.00. The van der Waals surface area contributed by atoms with E-state index in [1.807, 2.05) is 27.8 Å². The summed E-state index contributed by atoms with van der Waals surface area (Å²) in [5, 5.41) is 8.32. The van der Waals surface area contributed by atoms with E-state index in [2.05, 4.69) is 10.4 Å². The lowest BCUT2D eigenvalue weighted by molar-refractivity contribution is -0.119. The summed E-state index contributed by atoms with van der Waals surface area (Å²) < 4.78 is 1.77. The van der Waals surface area contributed by atoms with Gasteiger partial charge in [-0.25, -0.2) is 0 Å². The number of hydrogen-bond donors (Lipinski definition) is 2. The van der Waals surface area contributed by atoms with Crippen molar-refractivity contribution in [3.63, 3.8) is 0 Å². The lowest BCUT2D eigenvalue weighted by Crippen LogP contribution is -2.42. The molecule has 1 heterocycles. The smallest absolute Gasteiger partial charge is 0.219 e. The number of nitrogens with one attached hydrogen (secondary N) is 1. The van der Waals surface area contributed by atoms with Crippen LogP contribution in [0.2, 0.25) is 5.02 Å². The Balaban J connectivity index is 2.74. The number of carbonyl (C=O) groups is 1. The van der Waals surface area contributed by atoms with Crippen LogP contribution >= 0.6 is 11.6 Å². The summed E-state index contributed by atoms with van der Waals surface area (Å²) in [4.78, 5) is 10.9. The van der Waals surface area contributed by atoms with Crippen LogP contribution in [0.3, 0.4) is 0 Å². The molecule has 0 spiro atoms. The van der Waals surface area contributed by atoms with Crippen molar-refractivity contribution in [1.29, 1.82) is 0 Å². The number of carbonyl (C=O) groups excluding carboxylic acids is 1. The zero-order valence-corrected chi connectivity index (χ0v) is 12.1. The van der Waals surface area contributed by atoms with Crippen LogP contribution in [0, 0.1) is 0 Å². The van der Waals surface area contributed by atoms with Crippen molar-refractivity contribution in [2.75, 3.05) is 0 Å². The molecule has 102 valence electrons. The number of hydrogen-bond acceptors (Lipinski definition) is 3. The van der Waals surface area contributed by atoms with Crippen LogP contribution in [-0.4, -0.2) is 21.2 Å². The molecule has 0 atom stereocenters. The number of nitrogens with zero attached hydrogens (tertiary/aromatic N) is 2. The molecule has 0 bridgehead atoms. The molecule has 6 heteroatoms. The Labute approximate surface area is 113 Å². The molecule has 3 N–H and O–H groups in total. The molecule has 0 fully saturated rings. The van der Waals surface area contributed by atoms with Crippen LogP contribution < -0.4 is 11.1 Å². The normalized spacial score (nSPS) is 11.8. The molecule has 0 aliphatic heterocycles. The number of aryl methyl sites for hydroxylation is 2. The van der Waals surface area contributed by atoms with E-state index in [-0.39, 0.29) is 17.9 Å². The second kappa shape index (κ2) is 5.71. The van der Waals surface area contributed by atoms with Gasteiger partial charge in [0, 0.05) is 25.6 Å². The van der Waals surface area contributed by atoms with Gasteiger partial charge in [0.05, 0.1) is 16.4 Å². The zero-order valence-electron chi connectivity index (χ0n) is 11.4. The molecule has 1 amide bonds. The first kappa shape index (κ1) is 15.0. The van der Waals surface area contributed by atoms with Crippen molar-refractivity contribution in [1.82, 2.24) is 15.1 Å². The lowest BCUT2D eigenvalue weighted by atomic mass is 10.0. The number of primary amides is 1. The van der Waals surface area contributed by atoms with Crippen LogP contribution in [0.25, 0.3) is 0 Å². The van der Waals surface area contributed by atoms with Gasteiger partial charge < -0.3 is 11.1 Å². The van der Waals surface area contributed by atoms with E-state index < -0.39 is 0 Å². The van der Waals surface area contributed by atoms with E-state index in [1.54, 1.807) is 4.68 Å². The first-order chi connectivity index (χ1) is 8.26. The van der Waals surface area contributed by atoms with Crippen LogP contribution in [0.15, 0.2) is 0 Å². The summed E-state index contributed by atoms with van der Waals surface area (Å²) in [6, 6.07) is 0. The Bertz CT molecular complexity index is 440. The maximum Gasteiger partial charge on any atom is 0.219 e. The van der Waals surface area contributed by atoms with Crippen molar-refractivity contribution in [3.05, 3.63) is 16.4 Å². The third-order valence-corrected chi connectivity index (χ3v) is 3.29. The second-order valence-electron chi connectivity index (χ2n) is 5.07. The lowest BCUT2D eigenvalue weighted by Gasteiger charge is -2.24. The monoisotopic (exact) mass is 272 g/mol. The van der Waals surface area contributed by atoms with E-state index in [0.29, 0.717) is 11.6 Å². The number of rotatable bonds is 6. The van der Waals surface area contributed by atoms with Crippen LogP contribution in [0.4, 0.5) is 0 Å². The molecule has 0 unspecified atom stereocenters. The Morgan fingerprint density at radius 3 is 2.61 bits per heavy atom. The summed E-state index contributed by atoms with van der Waals surface area (Å²) in [7, 11) is 1.86. The third-order valence-electron chi connectivity index (χ3n) is 2.85. The average Bonchev–Trinajstić information content (AvgIpc) is 2.49. The Morgan fingerprint density at radius 1 is 1.56 bits per heavy atom. The van der Waals surface area contributed by atoms with Gasteiger partial charge in [0.15, 0.2) is 0 Å². The molecule has 0 saturated heterocycles. The number of aromatic nitrogens is 2. The maximum atomic E-state index is 10.9. The topological polar surface area (TPSA) is 72.9 Å². The minimum atomic E-state index is -0.355. The van der Waals surface area contributed by atoms with Gasteiger partial charge in [-0.1, -0.05) is 18.5 Å². The summed E-state index contributed by atoms with van der Waals surface area (Å²) in [6.45, 7) is 6.44. The highest BCUT2D eigenvalue weighted by molar-refractivity contribution is 6.31. The fourth-order valence-corrected chi connectivity index (χ4v) is 2.19. The minimum Gasteiger partial charge on any atom is -0.370 e. The largest absolute Gasteiger partial charge is 0.370 e. The van der Waals surface area contributed by atoms with Crippen molar-refractivity contribution >= 4 is 17.5 Å². The van der Waals surface area contributed by atoms with E-state index in [1.165, 1.54) is 0 Å². The first-order valence-corrected chi connectivity index (χ1v) is 6.38. The van der Waals surface area contributed by atoms with Crippen molar-refractivity contribution < 1.29 is 4.79 Å². The molecule has 1 aromatic rings. The Morgan fingerprint density at radius 2 is 2.17 bits per heavy atom. The molecule has 0 aliphatic rings. The van der Waals surface area contributed by atoms with Gasteiger partial charge in [0.1, 0.15) is 0 Å². The summed E-state index contributed by atoms with van der Waals surface area (Å²) >= 11 is 6.25. The van der Waals surface area contributed by atoms with Gasteiger partial charge in [-0.05, 0) is 20.3 Å². The number of nitrogens with two attached hydrogens (primary N) is 1. The molecule has 0 aliphatic carbocycles. The van der Waals surface area contributed by atoms with E-state index >= 15 is 0 Å². The molecular formula is C12H21ClN4O. The SMILES string of the molecule is CCc1nn(C)c(CNC(C)(C)CC(N)=O)c1Cl. The predicted molar refractivity (Wildman–Crippen MR) is 72.3 cm³/mol. The van der Waals surface area contributed by atoms with E-state index in [0.717, 1.165) is 17.8 Å². The highest BCUT2D eigenvalue weighted by atomic mass is 35.5. The molecule has 18 heavy (non-hydrogen) atoms. The van der Waals surface area contributed by atoms with Gasteiger partial charge in [-0.15, -0.1) is 0 Å². The highest BCUT2D eigenvalue weighted by Gasteiger charge is 2.21. The van der Waals surface area contributed by atoms with Gasteiger partial charge in [0.2, 0.25) is 5.91 Å². The van der Waals surface area contributed by atoms with E-state index in [4.69, 9.17) is 17.3 Å². The van der Waals surface area contributed by atoms with Crippen molar-refractivity contribution in [3.8, 4) is 0 Å². The third kappa shape index (κ3) is 3.71. The Hall–Kier alpha value is -1.07. The maximum absolute atomic E-state index is 10.9. The number of amides is 1. The molecule has 1 aromatic heterocycles. The number of halogens is 1. The van der Waals surface area contributed by atoms with E-state index in [9.17, 15) is 4.79 Å². The molecule has 0 saturated carbocycles. The van der Waals surface area contributed by atoms with Crippen molar-refractivity contribution in [2.45, 2.75) is 45.7 Å². The fourth-order valence-electron chi connectivity index (χ4n) is 1.83. The minimum absolute atomic E-state index is 0.281. The molecule has 5 nitrogen and oxygen atoms in total. The van der Waals surface area contributed by atoms with Gasteiger partial charge in [0.25, 0.3) is 0 Å². The van der Waals surface area contributed by atoms with Gasteiger partial charge in [-0.2, -0.15) is 5.10 Å². The van der Waals surface area contributed by atoms with Crippen molar-refractivity contribution in [2.24, 2.45) is 12.8 Å². The summed E-state index contributed by atoms with van der Waals surface area (Å²) in [6.07, 6.45) is 1.08. The molecule has 0 aromatic carbocycles. The van der Waals surface area contributed by atoms with Crippen LogP contribution in [-0.2, 0) is 24.8 Å². The average molecular weight is 273 g/mol. The fraction of sp³-hybridized carbons (Fsp3) is 0.667. The van der Waals surface area contributed by atoms with Crippen LogP contribution in [0.5, 0.6) is 0 Å². The zero-order chi connectivity index (χ0) is 13.9. The van der Waals surface area contributed by atoms with Gasteiger partial charge >= 0.3 is 0 Å². The summed E-state index contributed by atoms with van der Waals surface area (Å²) in [5.74, 6) is -0.321. The molecule has 1 rings (SSSR count). The van der Waals surface area contributed by atoms with Crippen LogP contribution in [0.1, 0.15) is 38.6 Å². The summed E-state index contributed by atoms with van der Waals surface area (Å²) in [5.41, 5.74) is 6.67. The molecule has 0 radical (unpaired) electrons. The standard InChI is InChI=1S/C12H21ClN4O/c1-5-8-11(13)9(17(4)16-8)7-15-12(2,3)6-10(14)18/h15H,5-7H2,1-4H3,(H2,14,18). The Kier molecular flexibility index (Phi) is 4.76. The molecular weight excluding hydrogens is 252 g/mol.